The van der Waals surface area contributed by atoms with E-state index in [4.69, 9.17) is 14.2 Å². The minimum atomic E-state index is -0.684. The molecule has 0 saturated carbocycles. The maximum Gasteiger partial charge on any atom is 0.414 e. The van der Waals surface area contributed by atoms with E-state index in [2.05, 4.69) is 15.6 Å². The van der Waals surface area contributed by atoms with Gasteiger partial charge in [-0.3, -0.25) is 9.69 Å². The number of hydrogen-bond acceptors (Lipinski definition) is 7. The lowest BCUT2D eigenvalue weighted by Crippen LogP contribution is -2.33. The van der Waals surface area contributed by atoms with E-state index in [9.17, 15) is 14.0 Å². The monoisotopic (exact) mass is 421 g/mol. The van der Waals surface area contributed by atoms with Gasteiger partial charge in [0.15, 0.2) is 5.82 Å². The Kier molecular flexibility index (Phi) is 6.95. The quantitative estimate of drug-likeness (QED) is 0.617. The highest BCUT2D eigenvalue weighted by atomic mass is 19.1. The fraction of sp³-hybridized carbons (Fsp3) is 0.474. The first kappa shape index (κ1) is 21.7. The number of nitrogens with one attached hydrogen (secondary N) is 1. The van der Waals surface area contributed by atoms with Gasteiger partial charge in [0.1, 0.15) is 17.5 Å². The van der Waals surface area contributed by atoms with E-state index in [0.29, 0.717) is 24.6 Å². The molecule has 10 nitrogen and oxygen atoms in total. The maximum atomic E-state index is 14.8. The molecule has 3 rings (SSSR count). The first-order valence-corrected chi connectivity index (χ1v) is 9.60. The zero-order chi connectivity index (χ0) is 21.7. The van der Waals surface area contributed by atoms with E-state index < -0.39 is 24.3 Å². The molecule has 1 aliphatic rings. The molecule has 0 bridgehead atoms. The molecule has 30 heavy (non-hydrogen) atoms. The zero-order valence-electron chi connectivity index (χ0n) is 17.0. The predicted octanol–water partition coefficient (Wildman–Crippen LogP) is 1.94. The molecule has 0 unspecified atom stereocenters. The van der Waals surface area contributed by atoms with Crippen molar-refractivity contribution in [2.45, 2.75) is 33.2 Å². The van der Waals surface area contributed by atoms with Crippen molar-refractivity contribution in [1.82, 2.24) is 20.3 Å². The highest BCUT2D eigenvalue weighted by Crippen LogP contribution is 2.26. The number of benzene rings is 1. The summed E-state index contributed by atoms with van der Waals surface area (Å²) in [6.07, 6.45) is -0.259. The SMILES string of the molecule is CCOC(OCC)c1cn(-c2ccc(N3C[C@H](CNC(C)=O)OC3=O)cc2F)nn1. The van der Waals surface area contributed by atoms with Crippen LogP contribution in [0.5, 0.6) is 0 Å². The molecule has 162 valence electrons. The summed E-state index contributed by atoms with van der Waals surface area (Å²) in [6, 6.07) is 4.31. The molecule has 1 aromatic carbocycles. The van der Waals surface area contributed by atoms with Gasteiger partial charge in [-0.05, 0) is 32.0 Å². The Morgan fingerprint density at radius 3 is 2.73 bits per heavy atom. The third-order valence-corrected chi connectivity index (χ3v) is 4.33. The first-order valence-electron chi connectivity index (χ1n) is 9.60. The molecule has 1 atom stereocenters. The minimum absolute atomic E-state index is 0.159. The summed E-state index contributed by atoms with van der Waals surface area (Å²) >= 11 is 0. The fourth-order valence-corrected chi connectivity index (χ4v) is 2.97. The van der Waals surface area contributed by atoms with Crippen molar-refractivity contribution in [3.8, 4) is 5.69 Å². The second-order valence-corrected chi connectivity index (χ2v) is 6.52. The molecule has 1 saturated heterocycles. The number of carbonyl (C=O) groups is 2. The van der Waals surface area contributed by atoms with Crippen LogP contribution in [-0.4, -0.2) is 59.4 Å². The maximum absolute atomic E-state index is 14.8. The summed E-state index contributed by atoms with van der Waals surface area (Å²) in [4.78, 5) is 24.4. The Balaban J connectivity index is 1.74. The van der Waals surface area contributed by atoms with Gasteiger partial charge >= 0.3 is 6.09 Å². The van der Waals surface area contributed by atoms with Gasteiger partial charge in [0, 0.05) is 20.1 Å². The van der Waals surface area contributed by atoms with Crippen molar-refractivity contribution in [3.63, 3.8) is 0 Å². The summed E-state index contributed by atoms with van der Waals surface area (Å²) in [6.45, 7) is 6.29. The molecule has 2 heterocycles. The van der Waals surface area contributed by atoms with Crippen LogP contribution in [-0.2, 0) is 19.0 Å². The molecule has 2 aromatic rings. The van der Waals surface area contributed by atoms with E-state index in [1.54, 1.807) is 6.07 Å². The van der Waals surface area contributed by atoms with Crippen LogP contribution in [0.25, 0.3) is 5.69 Å². The third-order valence-electron chi connectivity index (χ3n) is 4.33. The number of cyclic esters (lactones) is 1. The molecule has 0 radical (unpaired) electrons. The average Bonchev–Trinajstić information content (AvgIpc) is 3.33. The summed E-state index contributed by atoms with van der Waals surface area (Å²) in [5.74, 6) is -0.811. The van der Waals surface area contributed by atoms with Gasteiger partial charge in [-0.1, -0.05) is 5.21 Å². The molecule has 1 aromatic heterocycles. The summed E-state index contributed by atoms with van der Waals surface area (Å²) < 4.78 is 32.2. The summed E-state index contributed by atoms with van der Waals surface area (Å²) in [5, 5.41) is 10.5. The number of amides is 2. The van der Waals surface area contributed by atoms with Crippen LogP contribution in [0.3, 0.4) is 0 Å². The van der Waals surface area contributed by atoms with Crippen LogP contribution < -0.4 is 10.2 Å². The number of nitrogens with zero attached hydrogens (tertiary/aromatic N) is 4. The Morgan fingerprint density at radius 2 is 2.10 bits per heavy atom. The molecule has 2 amide bonds. The van der Waals surface area contributed by atoms with E-state index in [1.165, 1.54) is 34.8 Å². The van der Waals surface area contributed by atoms with Crippen LogP contribution in [0, 0.1) is 5.82 Å². The molecular formula is C19H24FN5O5. The molecule has 1 aliphatic heterocycles. The van der Waals surface area contributed by atoms with E-state index in [1.807, 2.05) is 13.8 Å². The molecule has 11 heteroatoms. The Bertz CT molecular complexity index is 899. The van der Waals surface area contributed by atoms with Crippen molar-refractivity contribution in [3.05, 3.63) is 35.9 Å². The lowest BCUT2D eigenvalue weighted by Gasteiger charge is -2.14. The Labute approximate surface area is 172 Å². The molecular weight excluding hydrogens is 397 g/mol. The lowest BCUT2D eigenvalue weighted by atomic mass is 10.2. The van der Waals surface area contributed by atoms with Crippen molar-refractivity contribution < 1.29 is 28.2 Å². The fourth-order valence-electron chi connectivity index (χ4n) is 2.97. The predicted molar refractivity (Wildman–Crippen MR) is 104 cm³/mol. The second-order valence-electron chi connectivity index (χ2n) is 6.52. The highest BCUT2D eigenvalue weighted by Gasteiger charge is 2.32. The minimum Gasteiger partial charge on any atom is -0.442 e. The Morgan fingerprint density at radius 1 is 1.37 bits per heavy atom. The lowest BCUT2D eigenvalue weighted by molar-refractivity contribution is -0.142. The van der Waals surface area contributed by atoms with Gasteiger partial charge in [0.05, 0.1) is 25.0 Å². The van der Waals surface area contributed by atoms with Gasteiger partial charge in [-0.25, -0.2) is 13.9 Å². The summed E-state index contributed by atoms with van der Waals surface area (Å²) in [7, 11) is 0. The third kappa shape index (κ3) is 4.92. The number of aromatic nitrogens is 3. The van der Waals surface area contributed by atoms with E-state index >= 15 is 0 Å². The highest BCUT2D eigenvalue weighted by molar-refractivity contribution is 5.90. The molecule has 0 aliphatic carbocycles. The van der Waals surface area contributed by atoms with Crippen LogP contribution in [0.15, 0.2) is 24.4 Å². The van der Waals surface area contributed by atoms with Crippen molar-refractivity contribution in [2.24, 2.45) is 0 Å². The van der Waals surface area contributed by atoms with Gasteiger partial charge in [0.25, 0.3) is 0 Å². The van der Waals surface area contributed by atoms with E-state index in [-0.39, 0.29) is 24.7 Å². The van der Waals surface area contributed by atoms with E-state index in [0.717, 1.165) is 0 Å². The van der Waals surface area contributed by atoms with Crippen LogP contribution >= 0.6 is 0 Å². The number of halogens is 1. The summed E-state index contributed by atoms with van der Waals surface area (Å²) in [5.41, 5.74) is 0.922. The smallest absolute Gasteiger partial charge is 0.414 e. The van der Waals surface area contributed by atoms with Crippen LogP contribution in [0.1, 0.15) is 32.8 Å². The van der Waals surface area contributed by atoms with Crippen molar-refractivity contribution in [2.75, 3.05) is 31.2 Å². The normalized spacial score (nSPS) is 16.2. The van der Waals surface area contributed by atoms with Crippen molar-refractivity contribution in [1.29, 1.82) is 0 Å². The molecule has 1 N–H and O–H groups in total. The average molecular weight is 421 g/mol. The van der Waals surface area contributed by atoms with Gasteiger partial charge in [-0.2, -0.15) is 0 Å². The van der Waals surface area contributed by atoms with Crippen LogP contribution in [0.4, 0.5) is 14.9 Å². The number of hydrogen-bond donors (Lipinski definition) is 1. The van der Waals surface area contributed by atoms with Gasteiger partial charge in [0.2, 0.25) is 12.2 Å². The van der Waals surface area contributed by atoms with Gasteiger partial charge in [-0.15, -0.1) is 5.10 Å². The largest absolute Gasteiger partial charge is 0.442 e. The number of rotatable bonds is 9. The Hall–Kier alpha value is -3.05. The number of carbonyl (C=O) groups excluding carboxylic acids is 2. The zero-order valence-corrected chi connectivity index (χ0v) is 17.0. The topological polar surface area (TPSA) is 108 Å². The van der Waals surface area contributed by atoms with Crippen molar-refractivity contribution >= 4 is 17.7 Å². The first-order chi connectivity index (χ1) is 14.4. The molecule has 0 spiro atoms. The number of ether oxygens (including phenoxy) is 3. The molecule has 1 fully saturated rings. The standard InChI is InChI=1S/C19H24FN5O5/c1-4-28-18(29-5-2)16-11-25(23-22-16)17-7-6-13(8-15(17)20)24-10-14(30-19(24)27)9-21-12(3)26/h6-8,11,14,18H,4-5,9-10H2,1-3H3,(H,21,26)/t14-/m0/s1. The van der Waals surface area contributed by atoms with Crippen LogP contribution in [0.2, 0.25) is 0 Å². The second kappa shape index (κ2) is 9.63. The van der Waals surface area contributed by atoms with Gasteiger partial charge < -0.3 is 19.5 Å². The number of anilines is 1.